The second-order valence-electron chi connectivity index (χ2n) is 5.68. The highest BCUT2D eigenvalue weighted by Crippen LogP contribution is 2.25. The highest BCUT2D eigenvalue weighted by molar-refractivity contribution is 4.98. The van der Waals surface area contributed by atoms with Crippen molar-refractivity contribution in [2.75, 3.05) is 19.6 Å². The summed E-state index contributed by atoms with van der Waals surface area (Å²) in [6.45, 7) is 7.59. The second-order valence-corrected chi connectivity index (χ2v) is 5.68. The molecule has 0 saturated heterocycles. The molecule has 106 valence electrons. The van der Waals surface area contributed by atoms with E-state index in [0.29, 0.717) is 0 Å². The number of hydrogen-bond donors (Lipinski definition) is 1. The third kappa shape index (κ3) is 3.15. The van der Waals surface area contributed by atoms with E-state index in [1.54, 1.807) is 0 Å². The van der Waals surface area contributed by atoms with Gasteiger partial charge in [-0.1, -0.05) is 6.92 Å². The molecule has 1 aromatic rings. The predicted molar refractivity (Wildman–Crippen MR) is 74.9 cm³/mol. The van der Waals surface area contributed by atoms with Crippen LogP contribution in [-0.2, 0) is 19.5 Å². The minimum Gasteiger partial charge on any atom is -0.314 e. The van der Waals surface area contributed by atoms with E-state index in [-0.39, 0.29) is 0 Å². The lowest BCUT2D eigenvalue weighted by Gasteiger charge is -2.20. The summed E-state index contributed by atoms with van der Waals surface area (Å²) in [5, 5.41) is 12.1. The molecule has 2 aliphatic rings. The van der Waals surface area contributed by atoms with Crippen molar-refractivity contribution >= 4 is 0 Å². The summed E-state index contributed by atoms with van der Waals surface area (Å²) in [7, 11) is 0. The molecule has 0 aromatic carbocycles. The summed E-state index contributed by atoms with van der Waals surface area (Å²) in [4.78, 5) is 2.58. The van der Waals surface area contributed by atoms with Crippen LogP contribution >= 0.6 is 0 Å². The summed E-state index contributed by atoms with van der Waals surface area (Å²) < 4.78 is 2.30. The van der Waals surface area contributed by atoms with Crippen LogP contribution in [0.1, 0.15) is 44.3 Å². The molecular formula is C14H25N5. The molecule has 0 bridgehead atoms. The number of aromatic nitrogens is 3. The first-order valence-electron chi connectivity index (χ1n) is 7.74. The lowest BCUT2D eigenvalue weighted by molar-refractivity contribution is 0.276. The Balaban J connectivity index is 1.43. The molecule has 1 aliphatic heterocycles. The van der Waals surface area contributed by atoms with Gasteiger partial charge in [0.05, 0.1) is 6.54 Å². The summed E-state index contributed by atoms with van der Waals surface area (Å²) in [5.74, 6) is 2.29. The molecule has 0 spiro atoms. The molecule has 5 heteroatoms. The molecule has 0 unspecified atom stereocenters. The van der Waals surface area contributed by atoms with Gasteiger partial charge in [0.15, 0.2) is 0 Å². The lowest BCUT2D eigenvalue weighted by atomic mass is 10.2. The number of aryl methyl sites for hydroxylation is 1. The van der Waals surface area contributed by atoms with E-state index in [0.717, 1.165) is 44.5 Å². The average molecular weight is 263 g/mol. The van der Waals surface area contributed by atoms with Crippen molar-refractivity contribution in [3.63, 3.8) is 0 Å². The molecule has 1 saturated carbocycles. The smallest absolute Gasteiger partial charge is 0.147 e. The first-order valence-corrected chi connectivity index (χ1v) is 7.74. The van der Waals surface area contributed by atoms with E-state index in [1.807, 2.05) is 0 Å². The normalized spacial score (nSPS) is 18.8. The van der Waals surface area contributed by atoms with Crippen molar-refractivity contribution in [2.24, 2.45) is 0 Å². The monoisotopic (exact) mass is 263 g/mol. The van der Waals surface area contributed by atoms with E-state index < -0.39 is 0 Å². The van der Waals surface area contributed by atoms with Crippen LogP contribution in [0.4, 0.5) is 0 Å². The fourth-order valence-corrected chi connectivity index (χ4v) is 2.96. The number of likely N-dealkylation sites (N-methyl/N-ethyl adjacent to an activating group) is 1. The molecule has 2 heterocycles. The average Bonchev–Trinajstić information content (AvgIpc) is 3.20. The van der Waals surface area contributed by atoms with Crippen molar-refractivity contribution in [2.45, 2.75) is 58.2 Å². The molecule has 19 heavy (non-hydrogen) atoms. The van der Waals surface area contributed by atoms with Crippen LogP contribution in [0.2, 0.25) is 0 Å². The van der Waals surface area contributed by atoms with Crippen LogP contribution in [0.15, 0.2) is 0 Å². The van der Waals surface area contributed by atoms with Crippen LogP contribution in [-0.4, -0.2) is 45.3 Å². The summed E-state index contributed by atoms with van der Waals surface area (Å²) in [6, 6.07) is 0.868. The van der Waals surface area contributed by atoms with Gasteiger partial charge in [0.25, 0.3) is 0 Å². The van der Waals surface area contributed by atoms with Gasteiger partial charge in [-0.25, -0.2) is 0 Å². The Morgan fingerprint density at radius 2 is 2.21 bits per heavy atom. The Morgan fingerprint density at radius 1 is 1.32 bits per heavy atom. The summed E-state index contributed by atoms with van der Waals surface area (Å²) >= 11 is 0. The van der Waals surface area contributed by atoms with E-state index in [4.69, 9.17) is 0 Å². The van der Waals surface area contributed by atoms with Gasteiger partial charge in [-0.2, -0.15) is 0 Å². The maximum absolute atomic E-state index is 4.32. The number of fused-ring (bicyclic) bond motifs is 1. The molecule has 0 atom stereocenters. The van der Waals surface area contributed by atoms with Gasteiger partial charge >= 0.3 is 0 Å². The van der Waals surface area contributed by atoms with Gasteiger partial charge in [0.2, 0.25) is 0 Å². The van der Waals surface area contributed by atoms with Gasteiger partial charge in [-0.15, -0.1) is 10.2 Å². The molecule has 1 fully saturated rings. The number of hydrogen-bond acceptors (Lipinski definition) is 4. The van der Waals surface area contributed by atoms with Crippen molar-refractivity contribution in [3.8, 4) is 0 Å². The fraction of sp³-hybridized carbons (Fsp3) is 0.857. The fourth-order valence-electron chi connectivity index (χ4n) is 2.96. The third-order valence-electron chi connectivity index (χ3n) is 4.26. The van der Waals surface area contributed by atoms with Gasteiger partial charge in [0.1, 0.15) is 11.6 Å². The van der Waals surface area contributed by atoms with Crippen molar-refractivity contribution in [1.82, 2.24) is 25.0 Å². The van der Waals surface area contributed by atoms with Gasteiger partial charge in [0, 0.05) is 32.1 Å². The Morgan fingerprint density at radius 3 is 3.00 bits per heavy atom. The minimum atomic E-state index is 0.856. The van der Waals surface area contributed by atoms with Gasteiger partial charge in [-0.3, -0.25) is 4.90 Å². The standard InChI is InChI=1S/C14H25N5/c1-2-18(12-6-7-12)10-8-15-11-14-17-16-13-5-3-4-9-19(13)14/h12,15H,2-11H2,1H3. The molecule has 0 radical (unpaired) electrons. The zero-order valence-electron chi connectivity index (χ0n) is 11.9. The number of nitrogens with one attached hydrogen (secondary N) is 1. The summed E-state index contributed by atoms with van der Waals surface area (Å²) in [6.07, 6.45) is 6.41. The molecule has 1 N–H and O–H groups in total. The van der Waals surface area contributed by atoms with E-state index >= 15 is 0 Å². The molecule has 1 aliphatic carbocycles. The third-order valence-corrected chi connectivity index (χ3v) is 4.26. The van der Waals surface area contributed by atoms with Gasteiger partial charge < -0.3 is 9.88 Å². The van der Waals surface area contributed by atoms with Crippen molar-refractivity contribution < 1.29 is 0 Å². The Kier molecular flexibility index (Phi) is 4.13. The Hall–Kier alpha value is -0.940. The molecule has 5 nitrogen and oxygen atoms in total. The van der Waals surface area contributed by atoms with Gasteiger partial charge in [-0.05, 0) is 32.2 Å². The highest BCUT2D eigenvalue weighted by Gasteiger charge is 2.27. The SMILES string of the molecule is CCN(CCNCc1nnc2n1CCCC2)C1CC1. The maximum Gasteiger partial charge on any atom is 0.147 e. The highest BCUT2D eigenvalue weighted by atomic mass is 15.3. The first-order chi connectivity index (χ1) is 9.38. The Labute approximate surface area is 115 Å². The largest absolute Gasteiger partial charge is 0.314 e. The van der Waals surface area contributed by atoms with E-state index in [1.165, 1.54) is 38.1 Å². The zero-order chi connectivity index (χ0) is 13.1. The predicted octanol–water partition coefficient (Wildman–Crippen LogP) is 1.19. The van der Waals surface area contributed by atoms with Crippen LogP contribution in [0.5, 0.6) is 0 Å². The van der Waals surface area contributed by atoms with Crippen LogP contribution < -0.4 is 5.32 Å². The molecule has 0 amide bonds. The van der Waals surface area contributed by atoms with Crippen LogP contribution in [0.25, 0.3) is 0 Å². The molecule has 1 aromatic heterocycles. The van der Waals surface area contributed by atoms with Crippen molar-refractivity contribution in [1.29, 1.82) is 0 Å². The van der Waals surface area contributed by atoms with Crippen molar-refractivity contribution in [3.05, 3.63) is 11.6 Å². The Bertz CT molecular complexity index is 410. The van der Waals surface area contributed by atoms with Crippen LogP contribution in [0.3, 0.4) is 0 Å². The summed E-state index contributed by atoms with van der Waals surface area (Å²) in [5.41, 5.74) is 0. The second kappa shape index (κ2) is 6.01. The topological polar surface area (TPSA) is 46.0 Å². The first kappa shape index (κ1) is 13.1. The van der Waals surface area contributed by atoms with Crippen LogP contribution in [0, 0.1) is 0 Å². The van der Waals surface area contributed by atoms with E-state index in [9.17, 15) is 0 Å². The minimum absolute atomic E-state index is 0.856. The lowest BCUT2D eigenvalue weighted by Crippen LogP contribution is -2.33. The maximum atomic E-state index is 4.32. The molecule has 3 rings (SSSR count). The van der Waals surface area contributed by atoms with E-state index in [2.05, 4.69) is 31.9 Å². The number of nitrogens with zero attached hydrogens (tertiary/aromatic N) is 4. The molecular weight excluding hydrogens is 238 g/mol. The quantitative estimate of drug-likeness (QED) is 0.751. The zero-order valence-corrected chi connectivity index (χ0v) is 11.9. The number of rotatable bonds is 7.